The monoisotopic (exact) mass is 304 g/mol. The van der Waals surface area contributed by atoms with Gasteiger partial charge in [-0.05, 0) is 18.2 Å². The SMILES string of the molecule is COCCN(C)Cc1ccc(-c2cnc(C(C)C)s2)cc1. The Morgan fingerprint density at radius 2 is 1.95 bits per heavy atom. The standard InChI is InChI=1S/C17H24N2OS/c1-13(2)17-18-11-16(21-17)15-7-5-14(6-8-15)12-19(3)9-10-20-4/h5-8,11,13H,9-10,12H2,1-4H3. The Balaban J connectivity index is 2.01. The van der Waals surface area contributed by atoms with Crippen LogP contribution in [0.4, 0.5) is 0 Å². The van der Waals surface area contributed by atoms with Crippen LogP contribution in [-0.4, -0.2) is 37.2 Å². The van der Waals surface area contributed by atoms with E-state index < -0.39 is 0 Å². The number of thiazole rings is 1. The highest BCUT2D eigenvalue weighted by Gasteiger charge is 2.08. The lowest BCUT2D eigenvalue weighted by atomic mass is 10.1. The van der Waals surface area contributed by atoms with E-state index in [2.05, 4.69) is 55.0 Å². The summed E-state index contributed by atoms with van der Waals surface area (Å²) in [6, 6.07) is 8.79. The van der Waals surface area contributed by atoms with Crippen molar-refractivity contribution in [2.45, 2.75) is 26.3 Å². The molecule has 1 aromatic carbocycles. The molecule has 2 rings (SSSR count). The van der Waals surface area contributed by atoms with Crippen molar-refractivity contribution >= 4 is 11.3 Å². The molecule has 0 unspecified atom stereocenters. The first-order valence-electron chi connectivity index (χ1n) is 7.32. The summed E-state index contributed by atoms with van der Waals surface area (Å²) in [6.07, 6.45) is 1.99. The van der Waals surface area contributed by atoms with Gasteiger partial charge >= 0.3 is 0 Å². The Kier molecular flexibility index (Phi) is 5.91. The molecule has 0 saturated carbocycles. The summed E-state index contributed by atoms with van der Waals surface area (Å²) in [5, 5.41) is 1.20. The Hall–Kier alpha value is -1.23. The lowest BCUT2D eigenvalue weighted by Gasteiger charge is -2.16. The molecule has 3 nitrogen and oxygen atoms in total. The summed E-state index contributed by atoms with van der Waals surface area (Å²) < 4.78 is 5.10. The summed E-state index contributed by atoms with van der Waals surface area (Å²) in [7, 11) is 3.86. The van der Waals surface area contributed by atoms with Crippen LogP contribution in [0.2, 0.25) is 0 Å². The number of hydrogen-bond acceptors (Lipinski definition) is 4. The van der Waals surface area contributed by atoms with Crippen LogP contribution in [0.1, 0.15) is 30.3 Å². The van der Waals surface area contributed by atoms with Gasteiger partial charge in [0.25, 0.3) is 0 Å². The molecule has 0 saturated heterocycles. The van der Waals surface area contributed by atoms with E-state index in [1.54, 1.807) is 18.4 Å². The van der Waals surface area contributed by atoms with Crippen molar-refractivity contribution in [2.75, 3.05) is 27.3 Å². The number of benzene rings is 1. The molecule has 0 aliphatic carbocycles. The van der Waals surface area contributed by atoms with Crippen LogP contribution in [0, 0.1) is 0 Å². The van der Waals surface area contributed by atoms with Crippen molar-refractivity contribution < 1.29 is 4.74 Å². The van der Waals surface area contributed by atoms with Crippen LogP contribution in [0.25, 0.3) is 10.4 Å². The molecular formula is C17H24N2OS. The van der Waals surface area contributed by atoms with Crippen LogP contribution in [0.3, 0.4) is 0 Å². The molecule has 4 heteroatoms. The third kappa shape index (κ3) is 4.63. The van der Waals surface area contributed by atoms with Gasteiger partial charge in [-0.25, -0.2) is 4.98 Å². The number of rotatable bonds is 7. The lowest BCUT2D eigenvalue weighted by Crippen LogP contribution is -2.22. The van der Waals surface area contributed by atoms with Crippen LogP contribution in [0.5, 0.6) is 0 Å². The van der Waals surface area contributed by atoms with E-state index in [1.807, 2.05) is 6.20 Å². The number of nitrogens with zero attached hydrogens (tertiary/aromatic N) is 2. The summed E-state index contributed by atoms with van der Waals surface area (Å²) in [6.45, 7) is 7.03. The minimum absolute atomic E-state index is 0.498. The fourth-order valence-electron chi connectivity index (χ4n) is 2.10. The number of methoxy groups -OCH3 is 1. The molecule has 0 bridgehead atoms. The molecule has 0 radical (unpaired) electrons. The largest absolute Gasteiger partial charge is 0.383 e. The van der Waals surface area contributed by atoms with Crippen LogP contribution < -0.4 is 0 Å². The van der Waals surface area contributed by atoms with Gasteiger partial charge in [-0.15, -0.1) is 11.3 Å². The fourth-order valence-corrected chi connectivity index (χ4v) is 3.03. The van der Waals surface area contributed by atoms with Gasteiger partial charge in [0.2, 0.25) is 0 Å². The summed E-state index contributed by atoms with van der Waals surface area (Å²) in [5.74, 6) is 0.498. The summed E-state index contributed by atoms with van der Waals surface area (Å²) in [5.41, 5.74) is 2.58. The molecule has 0 aliphatic heterocycles. The molecule has 0 amide bonds. The van der Waals surface area contributed by atoms with Gasteiger partial charge < -0.3 is 4.74 Å². The third-order valence-corrected chi connectivity index (χ3v) is 4.73. The van der Waals surface area contributed by atoms with Gasteiger partial charge in [-0.1, -0.05) is 38.1 Å². The van der Waals surface area contributed by atoms with Gasteiger partial charge in [-0.2, -0.15) is 0 Å². The third-order valence-electron chi connectivity index (χ3n) is 3.39. The van der Waals surface area contributed by atoms with E-state index in [4.69, 9.17) is 4.74 Å². The Morgan fingerprint density at radius 1 is 1.24 bits per heavy atom. The zero-order valence-electron chi connectivity index (χ0n) is 13.3. The smallest absolute Gasteiger partial charge is 0.0956 e. The van der Waals surface area contributed by atoms with Gasteiger partial charge in [0.15, 0.2) is 0 Å². The normalized spacial score (nSPS) is 11.5. The molecule has 0 N–H and O–H groups in total. The highest BCUT2D eigenvalue weighted by molar-refractivity contribution is 7.15. The van der Waals surface area contributed by atoms with Gasteiger partial charge in [-0.3, -0.25) is 4.90 Å². The van der Waals surface area contributed by atoms with E-state index in [-0.39, 0.29) is 0 Å². The zero-order valence-corrected chi connectivity index (χ0v) is 14.1. The summed E-state index contributed by atoms with van der Waals surface area (Å²) in [4.78, 5) is 8.01. The zero-order chi connectivity index (χ0) is 15.2. The van der Waals surface area contributed by atoms with Crippen molar-refractivity contribution in [3.05, 3.63) is 41.0 Å². The van der Waals surface area contributed by atoms with Gasteiger partial charge in [0.05, 0.1) is 16.5 Å². The Labute approximate surface area is 131 Å². The fraction of sp³-hybridized carbons (Fsp3) is 0.471. The number of hydrogen-bond donors (Lipinski definition) is 0. The molecule has 0 aliphatic rings. The van der Waals surface area contributed by atoms with Gasteiger partial charge in [0.1, 0.15) is 0 Å². The molecule has 0 atom stereocenters. The van der Waals surface area contributed by atoms with E-state index in [0.29, 0.717) is 5.92 Å². The minimum Gasteiger partial charge on any atom is -0.383 e. The molecule has 1 heterocycles. The highest BCUT2D eigenvalue weighted by Crippen LogP contribution is 2.29. The van der Waals surface area contributed by atoms with E-state index in [9.17, 15) is 0 Å². The number of likely N-dealkylation sites (N-methyl/N-ethyl adjacent to an activating group) is 1. The van der Waals surface area contributed by atoms with Gasteiger partial charge in [0, 0.05) is 32.3 Å². The molecule has 1 aromatic heterocycles. The average molecular weight is 304 g/mol. The average Bonchev–Trinajstić information content (AvgIpc) is 2.96. The first-order valence-corrected chi connectivity index (χ1v) is 8.14. The second kappa shape index (κ2) is 7.69. The van der Waals surface area contributed by atoms with Crippen molar-refractivity contribution in [3.63, 3.8) is 0 Å². The first kappa shape index (κ1) is 16.1. The second-order valence-electron chi connectivity index (χ2n) is 5.64. The first-order chi connectivity index (χ1) is 10.1. The number of ether oxygens (including phenoxy) is 1. The minimum atomic E-state index is 0.498. The maximum Gasteiger partial charge on any atom is 0.0956 e. The molecule has 0 fully saturated rings. The molecule has 0 spiro atoms. The quantitative estimate of drug-likeness (QED) is 0.773. The Morgan fingerprint density at radius 3 is 2.52 bits per heavy atom. The van der Waals surface area contributed by atoms with Crippen molar-refractivity contribution in [2.24, 2.45) is 0 Å². The summed E-state index contributed by atoms with van der Waals surface area (Å²) >= 11 is 1.79. The molecule has 21 heavy (non-hydrogen) atoms. The van der Waals surface area contributed by atoms with E-state index >= 15 is 0 Å². The van der Waals surface area contributed by atoms with Crippen molar-refractivity contribution in [1.82, 2.24) is 9.88 Å². The molecular weight excluding hydrogens is 280 g/mol. The topological polar surface area (TPSA) is 25.4 Å². The van der Waals surface area contributed by atoms with Crippen LogP contribution in [0.15, 0.2) is 30.5 Å². The second-order valence-corrected chi connectivity index (χ2v) is 6.71. The van der Waals surface area contributed by atoms with Crippen LogP contribution in [-0.2, 0) is 11.3 Å². The molecule has 114 valence electrons. The predicted molar refractivity (Wildman–Crippen MR) is 89.8 cm³/mol. The maximum absolute atomic E-state index is 5.10. The predicted octanol–water partition coefficient (Wildman–Crippen LogP) is 4.01. The molecule has 2 aromatic rings. The van der Waals surface area contributed by atoms with Crippen molar-refractivity contribution in [1.29, 1.82) is 0 Å². The van der Waals surface area contributed by atoms with Crippen LogP contribution >= 0.6 is 11.3 Å². The van der Waals surface area contributed by atoms with Crippen molar-refractivity contribution in [3.8, 4) is 10.4 Å². The van der Waals surface area contributed by atoms with E-state index in [1.165, 1.54) is 21.0 Å². The number of aromatic nitrogens is 1. The van der Waals surface area contributed by atoms with E-state index in [0.717, 1.165) is 19.7 Å². The Bertz CT molecular complexity index is 548. The lowest BCUT2D eigenvalue weighted by molar-refractivity contribution is 0.158. The maximum atomic E-state index is 5.10. The highest BCUT2D eigenvalue weighted by atomic mass is 32.1.